The number of anilines is 1. The minimum absolute atomic E-state index is 0.0439. The molecule has 2 aromatic carbocycles. The highest BCUT2D eigenvalue weighted by atomic mass is 19.1. The number of oxazole rings is 1. The molecule has 266 valence electrons. The summed E-state index contributed by atoms with van der Waals surface area (Å²) in [6.45, 7) is 1.72. The zero-order chi connectivity index (χ0) is 36.1. The van der Waals surface area contributed by atoms with E-state index in [9.17, 15) is 23.1 Å². The molecule has 6 heterocycles. The maximum absolute atomic E-state index is 16.9. The fourth-order valence-corrected chi connectivity index (χ4v) is 7.66. The molecule has 3 saturated heterocycles. The number of phenolic OH excluding ortho intramolecular Hbond substituents is 1. The Labute approximate surface area is 294 Å². The minimum Gasteiger partial charge on any atom is -0.508 e. The van der Waals surface area contributed by atoms with Gasteiger partial charge in [0.05, 0.1) is 22.7 Å². The molecule has 0 saturated carbocycles. The van der Waals surface area contributed by atoms with Crippen LogP contribution in [-0.4, -0.2) is 98.3 Å². The highest BCUT2D eigenvalue weighted by molar-refractivity contribution is 6.03. The summed E-state index contributed by atoms with van der Waals surface area (Å²) in [5, 5.41) is 11.3. The Bertz CT molecular complexity index is 2290. The summed E-state index contributed by atoms with van der Waals surface area (Å²) in [5.41, 5.74) is -1.02. The third-order valence-electron chi connectivity index (χ3n) is 10.1. The number of amides is 1. The molecule has 3 aliphatic rings. The molecule has 11 nitrogen and oxygen atoms in total. The second-order valence-corrected chi connectivity index (χ2v) is 13.2. The zero-order valence-corrected chi connectivity index (χ0v) is 27.7. The molecule has 1 amide bonds. The topological polar surface area (TPSA) is 121 Å². The summed E-state index contributed by atoms with van der Waals surface area (Å²) in [6, 6.07) is 5.09. The van der Waals surface area contributed by atoms with Crippen molar-refractivity contribution in [1.82, 2.24) is 29.7 Å². The van der Waals surface area contributed by atoms with Gasteiger partial charge in [-0.1, -0.05) is 12.0 Å². The number of benzene rings is 2. The first-order valence-electron chi connectivity index (χ1n) is 16.8. The van der Waals surface area contributed by atoms with Gasteiger partial charge < -0.3 is 24.1 Å². The van der Waals surface area contributed by atoms with Crippen LogP contribution in [0.15, 0.2) is 53.2 Å². The van der Waals surface area contributed by atoms with Crippen molar-refractivity contribution in [3.05, 3.63) is 71.8 Å². The molecule has 5 aromatic rings. The summed E-state index contributed by atoms with van der Waals surface area (Å²) in [7, 11) is 0. The number of ether oxygens (including phenoxy) is 1. The molecule has 3 fully saturated rings. The average Bonchev–Trinajstić information content (AvgIpc) is 3.87. The number of carbonyl (C=O) groups excluding carboxylic acids is 1. The molecule has 52 heavy (non-hydrogen) atoms. The van der Waals surface area contributed by atoms with Crippen molar-refractivity contribution in [3.63, 3.8) is 0 Å². The first kappa shape index (κ1) is 33.4. The summed E-state index contributed by atoms with van der Waals surface area (Å²) in [4.78, 5) is 35.4. The van der Waals surface area contributed by atoms with Gasteiger partial charge in [-0.05, 0) is 43.0 Å². The fraction of sp³-hybridized carbons (Fsp3) is 0.324. The molecule has 0 bridgehead atoms. The Balaban J connectivity index is 1.18. The number of piperazine rings is 1. The molecule has 0 radical (unpaired) electrons. The van der Waals surface area contributed by atoms with E-state index < -0.39 is 35.1 Å². The number of hydrogen-bond acceptors (Lipinski definition) is 10. The summed E-state index contributed by atoms with van der Waals surface area (Å²) < 4.78 is 72.2. The lowest BCUT2D eigenvalue weighted by molar-refractivity contribution is -0.128. The predicted octanol–water partition coefficient (Wildman–Crippen LogP) is 5.41. The standard InChI is InChI=1S/C37H31F4N7O4/c1-2-24-27(39)5-4-21-14-23(49)15-25(30(21)24)32-31(41)33-26(18-43-32)34(45-36(44-33)52-20-37-6-3-8-48(37)19-22(38)17-37)46-9-11-47(12-10-46)35(50)28(40)16-29-42-7-13-51-29/h1,4-5,7,13-16,18,22,49H,3,6,8-12,17,19-20H2/b28-16-/t22-,37+/m1/s1. The van der Waals surface area contributed by atoms with Crippen molar-refractivity contribution in [2.24, 2.45) is 0 Å². The van der Waals surface area contributed by atoms with E-state index in [1.165, 1.54) is 47.8 Å². The van der Waals surface area contributed by atoms with Crippen molar-refractivity contribution in [2.45, 2.75) is 31.0 Å². The maximum atomic E-state index is 16.9. The van der Waals surface area contributed by atoms with Gasteiger partial charge in [-0.15, -0.1) is 6.42 Å². The first-order chi connectivity index (χ1) is 25.1. The van der Waals surface area contributed by atoms with Crippen LogP contribution in [0.25, 0.3) is 39.0 Å². The van der Waals surface area contributed by atoms with Crippen molar-refractivity contribution < 1.29 is 36.6 Å². The second kappa shape index (κ2) is 13.1. The van der Waals surface area contributed by atoms with E-state index in [1.807, 2.05) is 0 Å². The van der Waals surface area contributed by atoms with Crippen LogP contribution in [0, 0.1) is 24.0 Å². The zero-order valence-electron chi connectivity index (χ0n) is 27.7. The molecule has 0 aliphatic carbocycles. The van der Waals surface area contributed by atoms with Gasteiger partial charge in [-0.25, -0.2) is 22.5 Å². The summed E-state index contributed by atoms with van der Waals surface area (Å²) in [5.74, 6) is -1.14. The molecule has 15 heteroatoms. The third-order valence-corrected chi connectivity index (χ3v) is 10.1. The molecule has 3 aromatic heterocycles. The Morgan fingerprint density at radius 1 is 1.15 bits per heavy atom. The van der Waals surface area contributed by atoms with Crippen LogP contribution in [0.1, 0.15) is 30.7 Å². The van der Waals surface area contributed by atoms with Crippen LogP contribution in [0.5, 0.6) is 11.8 Å². The van der Waals surface area contributed by atoms with Crippen LogP contribution in [0.3, 0.4) is 0 Å². The van der Waals surface area contributed by atoms with Gasteiger partial charge in [0.15, 0.2) is 11.6 Å². The predicted molar refractivity (Wildman–Crippen MR) is 183 cm³/mol. The van der Waals surface area contributed by atoms with E-state index in [1.54, 1.807) is 4.90 Å². The maximum Gasteiger partial charge on any atom is 0.319 e. The number of rotatable bonds is 7. The third kappa shape index (κ3) is 5.82. The first-order valence-corrected chi connectivity index (χ1v) is 16.8. The Kier molecular flexibility index (Phi) is 8.41. The molecule has 3 aliphatic heterocycles. The smallest absolute Gasteiger partial charge is 0.319 e. The summed E-state index contributed by atoms with van der Waals surface area (Å²) in [6.07, 6.45) is 11.5. The number of phenols is 1. The molecule has 1 N–H and O–H groups in total. The van der Waals surface area contributed by atoms with Gasteiger partial charge in [0.2, 0.25) is 5.89 Å². The lowest BCUT2D eigenvalue weighted by Crippen LogP contribution is -2.49. The molecular weight excluding hydrogens is 682 g/mol. The Hall–Kier alpha value is -5.75. The second-order valence-electron chi connectivity index (χ2n) is 13.2. The number of halogens is 4. The van der Waals surface area contributed by atoms with Crippen LogP contribution in [0.2, 0.25) is 0 Å². The normalized spacial score (nSPS) is 20.8. The number of hydrogen-bond donors (Lipinski definition) is 1. The number of fused-ring (bicyclic) bond motifs is 3. The van der Waals surface area contributed by atoms with Gasteiger partial charge in [-0.2, -0.15) is 9.97 Å². The number of terminal acetylenes is 1. The van der Waals surface area contributed by atoms with Gasteiger partial charge in [0.25, 0.3) is 5.91 Å². The van der Waals surface area contributed by atoms with E-state index in [0.717, 1.165) is 25.5 Å². The van der Waals surface area contributed by atoms with Crippen molar-refractivity contribution in [2.75, 3.05) is 50.8 Å². The van der Waals surface area contributed by atoms with Crippen molar-refractivity contribution in [3.8, 4) is 35.4 Å². The van der Waals surface area contributed by atoms with E-state index in [2.05, 4.69) is 30.8 Å². The quantitative estimate of drug-likeness (QED) is 0.133. The molecular formula is C37H31F4N7O4. The number of aromatic hydroxyl groups is 1. The molecule has 2 atom stereocenters. The van der Waals surface area contributed by atoms with Crippen LogP contribution >= 0.6 is 0 Å². The van der Waals surface area contributed by atoms with E-state index in [0.29, 0.717) is 18.4 Å². The van der Waals surface area contributed by atoms with Crippen molar-refractivity contribution >= 4 is 39.5 Å². The Morgan fingerprint density at radius 3 is 2.75 bits per heavy atom. The average molecular weight is 714 g/mol. The largest absolute Gasteiger partial charge is 0.508 e. The number of nitrogens with zero attached hydrogens (tertiary/aromatic N) is 7. The van der Waals surface area contributed by atoms with Crippen LogP contribution in [0.4, 0.5) is 23.4 Å². The number of alkyl halides is 1. The lowest BCUT2D eigenvalue weighted by Gasteiger charge is -2.35. The SMILES string of the molecule is C#Cc1c(F)ccc2cc(O)cc(-c3ncc4c(N5CCN(C(=O)/C(F)=C/c6ncco6)CC5)nc(OC[C@@]56CCCN5C[C@H](F)C6)nc4c3F)c12. The number of carbonyl (C=O) groups is 1. The monoisotopic (exact) mass is 713 g/mol. The number of pyridine rings is 1. The number of aromatic nitrogens is 4. The Morgan fingerprint density at radius 2 is 1.98 bits per heavy atom. The van der Waals surface area contributed by atoms with E-state index >= 15 is 4.39 Å². The fourth-order valence-electron chi connectivity index (χ4n) is 7.66. The van der Waals surface area contributed by atoms with Gasteiger partial charge in [0.1, 0.15) is 47.6 Å². The minimum atomic E-state index is -1.03. The van der Waals surface area contributed by atoms with Crippen molar-refractivity contribution in [1.29, 1.82) is 0 Å². The van der Waals surface area contributed by atoms with E-state index in [4.69, 9.17) is 15.6 Å². The highest BCUT2D eigenvalue weighted by Gasteiger charge is 2.49. The van der Waals surface area contributed by atoms with Crippen LogP contribution in [-0.2, 0) is 4.79 Å². The highest BCUT2D eigenvalue weighted by Crippen LogP contribution is 2.42. The van der Waals surface area contributed by atoms with E-state index in [-0.39, 0.29) is 89.4 Å². The lowest BCUT2D eigenvalue weighted by atomic mass is 9.95. The van der Waals surface area contributed by atoms with Crippen LogP contribution < -0.4 is 9.64 Å². The summed E-state index contributed by atoms with van der Waals surface area (Å²) >= 11 is 0. The van der Waals surface area contributed by atoms with Gasteiger partial charge in [-0.3, -0.25) is 14.7 Å². The van der Waals surface area contributed by atoms with Gasteiger partial charge >= 0.3 is 6.01 Å². The molecule has 8 rings (SSSR count). The molecule has 0 unspecified atom stereocenters. The molecule has 0 spiro atoms. The van der Waals surface area contributed by atoms with Gasteiger partial charge in [0, 0.05) is 62.4 Å².